The Morgan fingerprint density at radius 1 is 0.903 bits per heavy atom. The monoisotopic (exact) mass is 422 g/mol. The molecular weight excluding hydrogens is 400 g/mol. The van der Waals surface area contributed by atoms with Crippen molar-refractivity contribution in [1.82, 2.24) is 10.9 Å². The molecule has 3 aromatic carbocycles. The van der Waals surface area contributed by atoms with E-state index in [-0.39, 0.29) is 11.3 Å². The van der Waals surface area contributed by atoms with Crippen LogP contribution in [0.5, 0.6) is 23.0 Å². The molecule has 8 nitrogen and oxygen atoms in total. The zero-order chi connectivity index (χ0) is 22.4. The number of aromatic hydroxyl groups is 1. The fourth-order valence-electron chi connectivity index (χ4n) is 3.04. The minimum absolute atomic E-state index is 0.0487. The van der Waals surface area contributed by atoms with Gasteiger partial charge in [0.15, 0.2) is 11.5 Å². The van der Waals surface area contributed by atoms with Crippen LogP contribution >= 0.6 is 0 Å². The fourth-order valence-corrected chi connectivity index (χ4v) is 3.04. The molecule has 0 unspecified atom stereocenters. The van der Waals surface area contributed by atoms with Gasteiger partial charge in [-0.3, -0.25) is 20.4 Å². The van der Waals surface area contributed by atoms with Crippen molar-refractivity contribution >= 4 is 28.7 Å². The van der Waals surface area contributed by atoms with Crippen LogP contribution in [-0.2, 0) is 4.79 Å². The summed E-state index contributed by atoms with van der Waals surface area (Å²) in [5.41, 5.74) is 5.24. The quantitative estimate of drug-likeness (QED) is 0.417. The molecule has 0 heterocycles. The van der Waals surface area contributed by atoms with Crippen molar-refractivity contribution in [2.24, 2.45) is 0 Å². The first-order valence-electron chi connectivity index (χ1n) is 9.27. The molecule has 0 bridgehead atoms. The number of hydrazine groups is 1. The predicted molar refractivity (Wildman–Crippen MR) is 116 cm³/mol. The molecule has 2 amide bonds. The molecule has 3 N–H and O–H groups in total. The number of benzene rings is 3. The normalized spacial score (nSPS) is 10.7. The van der Waals surface area contributed by atoms with Crippen molar-refractivity contribution in [2.45, 2.75) is 0 Å². The maximum Gasteiger partial charge on any atom is 0.273 e. The number of nitrogens with one attached hydrogen (secondary N) is 2. The molecule has 0 saturated heterocycles. The van der Waals surface area contributed by atoms with E-state index in [0.717, 1.165) is 5.39 Å². The van der Waals surface area contributed by atoms with Crippen LogP contribution in [0.3, 0.4) is 0 Å². The maximum atomic E-state index is 12.4. The molecule has 0 aliphatic carbocycles. The Kier molecular flexibility index (Phi) is 6.61. The molecule has 0 atom stereocenters. The van der Waals surface area contributed by atoms with E-state index in [1.807, 2.05) is 12.1 Å². The van der Waals surface area contributed by atoms with Gasteiger partial charge in [0.05, 0.1) is 26.9 Å². The molecule has 0 aliphatic rings. The number of carbonyl (C=O) groups excluding carboxylic acids is 2. The zero-order valence-corrected chi connectivity index (χ0v) is 17.3. The SMILES string of the molecule is COc1cc(/C=C/C(=O)NNC(=O)c2ccc3ccccc3c2O)cc(OC)c1OC. The van der Waals surface area contributed by atoms with Gasteiger partial charge in [-0.25, -0.2) is 0 Å². The second-order valence-corrected chi connectivity index (χ2v) is 6.42. The number of ether oxygens (including phenoxy) is 3. The highest BCUT2D eigenvalue weighted by molar-refractivity contribution is 6.04. The summed E-state index contributed by atoms with van der Waals surface area (Å²) in [6.07, 6.45) is 2.76. The van der Waals surface area contributed by atoms with E-state index in [0.29, 0.717) is 28.2 Å². The highest BCUT2D eigenvalue weighted by Crippen LogP contribution is 2.38. The molecule has 0 radical (unpaired) electrons. The molecule has 3 rings (SSSR count). The third-order valence-electron chi connectivity index (χ3n) is 4.56. The van der Waals surface area contributed by atoms with Gasteiger partial charge in [0.2, 0.25) is 5.75 Å². The molecule has 0 aromatic heterocycles. The van der Waals surface area contributed by atoms with Gasteiger partial charge in [-0.15, -0.1) is 0 Å². The lowest BCUT2D eigenvalue weighted by Crippen LogP contribution is -2.40. The maximum absolute atomic E-state index is 12.4. The van der Waals surface area contributed by atoms with E-state index >= 15 is 0 Å². The molecular formula is C23H22N2O6. The van der Waals surface area contributed by atoms with E-state index < -0.39 is 11.8 Å². The van der Waals surface area contributed by atoms with Crippen LogP contribution in [0.2, 0.25) is 0 Å². The number of amides is 2. The third-order valence-corrected chi connectivity index (χ3v) is 4.56. The van der Waals surface area contributed by atoms with Crippen LogP contribution in [0.1, 0.15) is 15.9 Å². The lowest BCUT2D eigenvalue weighted by molar-refractivity contribution is -0.117. The van der Waals surface area contributed by atoms with Crippen molar-refractivity contribution in [3.8, 4) is 23.0 Å². The van der Waals surface area contributed by atoms with Crippen LogP contribution in [0.15, 0.2) is 54.6 Å². The van der Waals surface area contributed by atoms with E-state index in [4.69, 9.17) is 14.2 Å². The summed E-state index contributed by atoms with van der Waals surface area (Å²) in [6, 6.07) is 13.7. The number of hydrogen-bond donors (Lipinski definition) is 3. The van der Waals surface area contributed by atoms with Crippen LogP contribution in [-0.4, -0.2) is 38.3 Å². The van der Waals surface area contributed by atoms with Crippen molar-refractivity contribution in [2.75, 3.05) is 21.3 Å². The minimum Gasteiger partial charge on any atom is -0.506 e. The Balaban J connectivity index is 1.68. The second kappa shape index (κ2) is 9.53. The molecule has 3 aromatic rings. The predicted octanol–water partition coefficient (Wildman–Crippen LogP) is 3.05. The van der Waals surface area contributed by atoms with Crippen molar-refractivity contribution in [1.29, 1.82) is 0 Å². The topological polar surface area (TPSA) is 106 Å². The Labute approximate surface area is 179 Å². The summed E-state index contributed by atoms with van der Waals surface area (Å²) in [5, 5.41) is 11.7. The number of phenols is 1. The Hall–Kier alpha value is -4.20. The molecule has 0 fully saturated rings. The first-order valence-corrected chi connectivity index (χ1v) is 9.27. The number of phenolic OH excluding ortho intramolecular Hbond substituents is 1. The van der Waals surface area contributed by atoms with Crippen LogP contribution in [0.4, 0.5) is 0 Å². The van der Waals surface area contributed by atoms with E-state index in [9.17, 15) is 14.7 Å². The summed E-state index contributed by atoms with van der Waals surface area (Å²) >= 11 is 0. The number of methoxy groups -OCH3 is 3. The van der Waals surface area contributed by atoms with Gasteiger partial charge in [0, 0.05) is 11.5 Å². The average Bonchev–Trinajstić information content (AvgIpc) is 2.80. The van der Waals surface area contributed by atoms with Gasteiger partial charge in [-0.05, 0) is 35.2 Å². The van der Waals surface area contributed by atoms with Gasteiger partial charge in [0.1, 0.15) is 5.75 Å². The lowest BCUT2D eigenvalue weighted by Gasteiger charge is -2.12. The van der Waals surface area contributed by atoms with Gasteiger partial charge >= 0.3 is 0 Å². The van der Waals surface area contributed by atoms with E-state index in [1.165, 1.54) is 39.5 Å². The number of fused-ring (bicyclic) bond motifs is 1. The van der Waals surface area contributed by atoms with Crippen LogP contribution < -0.4 is 25.1 Å². The Morgan fingerprint density at radius 2 is 1.58 bits per heavy atom. The van der Waals surface area contributed by atoms with E-state index in [2.05, 4.69) is 10.9 Å². The lowest BCUT2D eigenvalue weighted by atomic mass is 10.1. The number of rotatable bonds is 6. The zero-order valence-electron chi connectivity index (χ0n) is 17.3. The Bertz CT molecular complexity index is 1130. The summed E-state index contributed by atoms with van der Waals surface area (Å²) in [6.45, 7) is 0. The molecule has 0 spiro atoms. The largest absolute Gasteiger partial charge is 0.506 e. The van der Waals surface area contributed by atoms with Crippen LogP contribution in [0.25, 0.3) is 16.8 Å². The first-order chi connectivity index (χ1) is 15.0. The van der Waals surface area contributed by atoms with Gasteiger partial charge in [0.25, 0.3) is 11.8 Å². The third kappa shape index (κ3) is 4.69. The highest BCUT2D eigenvalue weighted by atomic mass is 16.5. The highest BCUT2D eigenvalue weighted by Gasteiger charge is 2.14. The van der Waals surface area contributed by atoms with Gasteiger partial charge in [-0.2, -0.15) is 0 Å². The van der Waals surface area contributed by atoms with E-state index in [1.54, 1.807) is 30.3 Å². The van der Waals surface area contributed by atoms with Gasteiger partial charge in [-0.1, -0.05) is 30.3 Å². The summed E-state index contributed by atoms with van der Waals surface area (Å²) in [4.78, 5) is 24.5. The molecule has 8 heteroatoms. The van der Waals surface area contributed by atoms with Crippen molar-refractivity contribution in [3.63, 3.8) is 0 Å². The molecule has 160 valence electrons. The second-order valence-electron chi connectivity index (χ2n) is 6.42. The fraction of sp³-hybridized carbons (Fsp3) is 0.130. The van der Waals surface area contributed by atoms with Crippen LogP contribution in [0, 0.1) is 0 Å². The van der Waals surface area contributed by atoms with Gasteiger partial charge < -0.3 is 19.3 Å². The standard InChI is InChI=1S/C23H22N2O6/c1-29-18-12-14(13-19(30-2)22(18)31-3)8-11-20(26)24-25-23(28)17-10-9-15-6-4-5-7-16(15)21(17)27/h4-13,27H,1-3H3,(H,24,26)(H,25,28)/b11-8+. The Morgan fingerprint density at radius 3 is 2.23 bits per heavy atom. The number of hydrogen-bond acceptors (Lipinski definition) is 6. The van der Waals surface area contributed by atoms with Crippen molar-refractivity contribution < 1.29 is 28.9 Å². The van der Waals surface area contributed by atoms with Crippen molar-refractivity contribution in [3.05, 3.63) is 65.7 Å². The minimum atomic E-state index is -0.641. The summed E-state index contributed by atoms with van der Waals surface area (Å²) < 4.78 is 15.8. The molecule has 0 saturated carbocycles. The first kappa shape index (κ1) is 21.5. The molecule has 0 aliphatic heterocycles. The smallest absolute Gasteiger partial charge is 0.273 e. The number of carbonyl (C=O) groups is 2. The summed E-state index contributed by atoms with van der Waals surface area (Å²) in [5.74, 6) is -0.0315. The molecule has 31 heavy (non-hydrogen) atoms. The average molecular weight is 422 g/mol. The summed E-state index contributed by atoms with van der Waals surface area (Å²) in [7, 11) is 4.49.